The van der Waals surface area contributed by atoms with E-state index in [4.69, 9.17) is 44.2 Å². The lowest BCUT2D eigenvalue weighted by molar-refractivity contribution is 0.00578. The van der Waals surface area contributed by atoms with E-state index in [-0.39, 0.29) is 35.0 Å². The fourth-order valence-electron chi connectivity index (χ4n) is 13.6. The molecule has 0 amide bonds. The van der Waals surface area contributed by atoms with Gasteiger partial charge < -0.3 is 81.1 Å². The number of anilines is 4. The Labute approximate surface area is 734 Å². The summed E-state index contributed by atoms with van der Waals surface area (Å²) in [6, 6.07) is 2.33. The molecule has 0 spiro atoms. The predicted molar refractivity (Wildman–Crippen MR) is 500 cm³/mol. The number of fused-ring (bicyclic) bond motifs is 4. The first-order chi connectivity index (χ1) is 58.1. The molecule has 0 saturated carbocycles. The topological polar surface area (TPSA) is 312 Å². The molecular weight excluding hydrogens is 1710 g/mol. The second kappa shape index (κ2) is 44.2. The molecule has 12 aromatic rings. The van der Waals surface area contributed by atoms with Gasteiger partial charge in [-0.25, -0.2) is 39.9 Å². The van der Waals surface area contributed by atoms with Crippen LogP contribution in [0.3, 0.4) is 0 Å². The Balaban J connectivity index is 0.000000157. The third-order valence-corrected chi connectivity index (χ3v) is 25.1. The van der Waals surface area contributed by atoms with E-state index in [1.807, 2.05) is 130 Å². The van der Waals surface area contributed by atoms with Gasteiger partial charge in [-0.1, -0.05) is 45.2 Å². The number of aliphatic hydroxyl groups is 1. The molecule has 1 unspecified atom stereocenters. The van der Waals surface area contributed by atoms with E-state index in [0.717, 1.165) is 204 Å². The number of hydrogen-bond donors (Lipinski definition) is 2. The van der Waals surface area contributed by atoms with Gasteiger partial charge in [0, 0.05) is 208 Å². The fourth-order valence-corrected chi connectivity index (χ4v) is 16.0. The molecule has 33 nitrogen and oxygen atoms in total. The van der Waals surface area contributed by atoms with E-state index < -0.39 is 16.1 Å². The Morgan fingerprint density at radius 2 is 0.836 bits per heavy atom. The van der Waals surface area contributed by atoms with Crippen LogP contribution in [0, 0.1) is 39.6 Å². The van der Waals surface area contributed by atoms with Crippen molar-refractivity contribution >= 4 is 129 Å². The summed E-state index contributed by atoms with van der Waals surface area (Å²) >= 11 is 2.37. The van der Waals surface area contributed by atoms with Gasteiger partial charge in [-0.15, -0.1) is 18.3 Å². The molecule has 17 rings (SSSR count). The van der Waals surface area contributed by atoms with E-state index in [2.05, 4.69) is 198 Å². The zero-order valence-electron chi connectivity index (χ0n) is 73.7. The maximum Gasteiger partial charge on any atom is 0.498 e. The van der Waals surface area contributed by atoms with Crippen LogP contribution in [0.15, 0.2) is 99.7 Å². The molecular formula is C84H119BIN24O9PSi2. The molecule has 2 N–H and O–H groups in total. The molecule has 122 heavy (non-hydrogen) atoms. The quantitative estimate of drug-likeness (QED) is 0.0250. The standard InChI is InChI=1S/C20H30N6O2Si.C16H25IN4O2Si.C15H18N6O2.C14H16N6O.C10H17BN2O2.C5H4.C4H6.H3P/c1-24-12-16(11-23-24)17-13-26(15-28-9-10-29(2,3)4)20-18(17)19(21-14-22-20)25-5-7-27-8-6-25;1-24(2,3)9-8-23-12-21-10-13(17)14-15(18-11-19-16(14)21)20-4-6-22-7-5-20;1-19-7-11(6-18-19)12-8-21(10-22)15-13(12)14(16-9-17-15)20-2-4-23-5-3-20;1-19-8-10(6-18-19)11-7-15-13-12(11)14(17-9-16-13)20-2-4-21-5-3-20;1-9(2)10(3,4)15-11(14-9)8-6-12-13(5)7-8;1-3-5-4-2;1-3-4-2;/h11-14H,5-10,15H2,1-4H3;10-11H,4-9,12H2,1-3H3;6-9,22H,2-5,10H2,1H3;6-9H,2-5H2,1H3,(H,15,16,17);6-7H,1-5H3;1H,2H3;1-2H3;1H3. The third kappa shape index (κ3) is 24.7. The van der Waals surface area contributed by atoms with Crippen LogP contribution in [0.4, 0.5) is 23.3 Å². The van der Waals surface area contributed by atoms with Crippen LogP contribution in [0.5, 0.6) is 0 Å². The van der Waals surface area contributed by atoms with E-state index in [0.29, 0.717) is 39.9 Å². The zero-order valence-corrected chi connectivity index (χ0v) is 79.3. The van der Waals surface area contributed by atoms with E-state index in [9.17, 15) is 5.11 Å². The summed E-state index contributed by atoms with van der Waals surface area (Å²) in [6.07, 6.45) is 34.5. The zero-order chi connectivity index (χ0) is 86.4. The van der Waals surface area contributed by atoms with Gasteiger partial charge in [0.25, 0.3) is 0 Å². The number of aliphatic hydroxyl groups excluding tert-OH is 1. The highest BCUT2D eigenvalue weighted by Gasteiger charge is 2.52. The molecule has 0 bridgehead atoms. The number of ether oxygens (including phenoxy) is 6. The largest absolute Gasteiger partial charge is 0.498 e. The van der Waals surface area contributed by atoms with Crippen LogP contribution in [0.25, 0.3) is 77.5 Å². The van der Waals surface area contributed by atoms with E-state index >= 15 is 0 Å². The number of rotatable bonds is 19. The second-order valence-corrected chi connectivity index (χ2v) is 45.2. The SMILES string of the molecule is C#CC#CC.CC#CC.C[Si](C)(C)CCOCn1cc(I)c2c(N3CCOCC3)ncnc21.Cn1cc(-c2c[nH]c3ncnc(N4CCOCC4)c23)cn1.Cn1cc(-c2cn(CO)c3ncnc(N4CCOCC4)c23)cn1.Cn1cc(-c2cn(COCC[Si](C)(C)C)c3ncnc(N4CCOCC4)c23)cn1.Cn1cc(B2OC(C)(C)C(C)(C)O2)cn1.P. The average Bonchev–Trinajstić information content (AvgIpc) is 1.65. The maximum absolute atomic E-state index is 9.65. The minimum Gasteiger partial charge on any atom is -0.399 e. The van der Waals surface area contributed by atoms with Crippen LogP contribution < -0.4 is 25.1 Å². The van der Waals surface area contributed by atoms with Crippen LogP contribution >= 0.6 is 32.5 Å². The van der Waals surface area contributed by atoms with Crippen LogP contribution in [0.2, 0.25) is 51.4 Å². The van der Waals surface area contributed by atoms with Gasteiger partial charge in [0.1, 0.15) is 91.4 Å². The summed E-state index contributed by atoms with van der Waals surface area (Å²) in [6.45, 7) is 42.7. The van der Waals surface area contributed by atoms with E-state index in [1.54, 1.807) is 57.0 Å². The average molecular weight is 1830 g/mol. The van der Waals surface area contributed by atoms with Crippen molar-refractivity contribution in [2.75, 3.05) is 138 Å². The minimum absolute atomic E-state index is 0. The molecule has 0 radical (unpaired) electrons. The second-order valence-electron chi connectivity index (χ2n) is 32.8. The van der Waals surface area contributed by atoms with E-state index in [1.165, 1.54) is 9.61 Å². The first-order valence-electron chi connectivity index (χ1n) is 40.7. The summed E-state index contributed by atoms with van der Waals surface area (Å²) in [5, 5.41) is 30.8. The van der Waals surface area contributed by atoms with Crippen molar-refractivity contribution in [1.82, 2.24) is 97.7 Å². The number of terminal acetylenes is 1. The maximum atomic E-state index is 9.65. The van der Waals surface area contributed by atoms with Crippen molar-refractivity contribution in [2.45, 2.75) is 131 Å². The summed E-state index contributed by atoms with van der Waals surface area (Å²) in [4.78, 5) is 48.3. The number of nitrogens with one attached hydrogen (secondary N) is 1. The highest BCUT2D eigenvalue weighted by molar-refractivity contribution is 14.1. The van der Waals surface area contributed by atoms with Crippen molar-refractivity contribution < 1.29 is 42.8 Å². The Bertz CT molecular complexity index is 5500. The molecule has 0 aromatic carbocycles. The van der Waals surface area contributed by atoms with Gasteiger partial charge in [0.05, 0.1) is 104 Å². The minimum atomic E-state index is -1.11. The molecule has 12 aromatic heterocycles. The first kappa shape index (κ1) is 94.7. The first-order valence-corrected chi connectivity index (χ1v) is 49.2. The van der Waals surface area contributed by atoms with Crippen molar-refractivity contribution in [1.29, 1.82) is 0 Å². The number of aryl methyl sites for hydroxylation is 4. The molecule has 5 aliphatic heterocycles. The highest BCUT2D eigenvalue weighted by atomic mass is 127. The number of hydrogen-bond acceptors (Lipinski definition) is 25. The number of aromatic amines is 1. The summed E-state index contributed by atoms with van der Waals surface area (Å²) < 4.78 is 59.7. The molecule has 0 aliphatic carbocycles. The summed E-state index contributed by atoms with van der Waals surface area (Å²) in [5.74, 6) is 16.2. The van der Waals surface area contributed by atoms with Crippen molar-refractivity contribution in [3.05, 3.63) is 103 Å². The highest BCUT2D eigenvalue weighted by Crippen LogP contribution is 2.40. The van der Waals surface area contributed by atoms with Gasteiger partial charge in [0.2, 0.25) is 0 Å². The molecule has 5 saturated heterocycles. The lowest BCUT2D eigenvalue weighted by Gasteiger charge is -2.32. The fraction of sp³-hybridized carbons (Fsp3) is 0.500. The van der Waals surface area contributed by atoms with Crippen LogP contribution in [0.1, 0.15) is 48.5 Å². The molecule has 652 valence electrons. The van der Waals surface area contributed by atoms with Gasteiger partial charge in [-0.2, -0.15) is 30.3 Å². The molecule has 5 aliphatic rings. The number of halogens is 1. The molecule has 1 atom stereocenters. The van der Waals surface area contributed by atoms with Crippen molar-refractivity contribution in [2.24, 2.45) is 28.2 Å². The Morgan fingerprint density at radius 1 is 0.475 bits per heavy atom. The van der Waals surface area contributed by atoms with Crippen molar-refractivity contribution in [3.8, 4) is 69.4 Å². The van der Waals surface area contributed by atoms with Gasteiger partial charge >= 0.3 is 7.12 Å². The Morgan fingerprint density at radius 3 is 1.20 bits per heavy atom. The number of morpholine rings is 4. The molecule has 38 heteroatoms. The predicted octanol–water partition coefficient (Wildman–Crippen LogP) is 10.4. The van der Waals surface area contributed by atoms with Gasteiger partial charge in [0.15, 0.2) is 0 Å². The smallest absolute Gasteiger partial charge is 0.399 e. The number of nitrogens with zero attached hydrogens (tertiary/aromatic N) is 23. The van der Waals surface area contributed by atoms with Crippen LogP contribution in [-0.2, 0) is 86.1 Å². The van der Waals surface area contributed by atoms with Gasteiger partial charge in [-0.3, -0.25) is 18.7 Å². The third-order valence-electron chi connectivity index (χ3n) is 20.9. The van der Waals surface area contributed by atoms with Crippen molar-refractivity contribution in [3.63, 3.8) is 0 Å². The molecule has 5 fully saturated rings. The van der Waals surface area contributed by atoms with Gasteiger partial charge in [-0.05, 0) is 95.0 Å². The monoisotopic (exact) mass is 1830 g/mol. The molecule has 17 heterocycles. The lowest BCUT2D eigenvalue weighted by atomic mass is 9.82. The Kier molecular flexibility index (Phi) is 34.3. The number of aromatic nitrogens is 20. The number of H-pyrrole nitrogens is 1. The summed E-state index contributed by atoms with van der Waals surface area (Å²) in [7, 11) is 5.14. The summed E-state index contributed by atoms with van der Waals surface area (Å²) in [5.41, 5.74) is 10.1. The lowest BCUT2D eigenvalue weighted by Crippen LogP contribution is -2.41. The van der Waals surface area contributed by atoms with Crippen LogP contribution in [-0.4, -0.2) is 256 Å². The normalized spacial score (nSPS) is 15.6. The Hall–Kier alpha value is -9.50.